The molecule has 1 aliphatic carbocycles. The van der Waals surface area contributed by atoms with Crippen LogP contribution in [0.2, 0.25) is 0 Å². The van der Waals surface area contributed by atoms with Crippen LogP contribution >= 0.6 is 16.1 Å². The Hall–Kier alpha value is 0.780. The summed E-state index contributed by atoms with van der Waals surface area (Å²) in [5.74, 6) is 0. The van der Waals surface area contributed by atoms with E-state index in [-0.39, 0.29) is 16.1 Å². The third-order valence-electron chi connectivity index (χ3n) is 4.98. The van der Waals surface area contributed by atoms with E-state index >= 15 is 0 Å². The Morgan fingerprint density at radius 1 is 0.538 bits per heavy atom. The fourth-order valence-corrected chi connectivity index (χ4v) is 11.3. The first kappa shape index (κ1) is 24.8. The molecule has 0 heterocycles. The van der Waals surface area contributed by atoms with E-state index in [0.717, 1.165) is 0 Å². The molecule has 0 aromatic rings. The summed E-state index contributed by atoms with van der Waals surface area (Å²) < 4.78 is 0. The molecule has 4 heteroatoms. The van der Waals surface area contributed by atoms with Gasteiger partial charge in [0.25, 0.3) is 0 Å². The Morgan fingerprint density at radius 2 is 0.808 bits per heavy atom. The van der Waals surface area contributed by atoms with Crippen molar-refractivity contribution in [2.75, 3.05) is 0 Å². The maximum Gasteiger partial charge on any atom is 0.0119 e. The summed E-state index contributed by atoms with van der Waals surface area (Å²) >= 11 is 0. The van der Waals surface area contributed by atoms with Crippen LogP contribution in [0.3, 0.4) is 0 Å². The molecule has 0 bridgehead atoms. The lowest BCUT2D eigenvalue weighted by molar-refractivity contribution is 0.355. The highest BCUT2D eigenvalue weighted by atomic mass is 31.1. The monoisotopic (exact) mass is 402 g/mol. The van der Waals surface area contributed by atoms with Gasteiger partial charge in [0.05, 0.1) is 0 Å². The fraction of sp³-hybridized carbons (Fsp3) is 1.00. The lowest BCUT2D eigenvalue weighted by atomic mass is 9.92. The molecule has 0 aromatic heterocycles. The standard InChI is InChI=1S/C22H48N2P2/c1-19(2,3)25(20(4,5)6)23-17-14-13-15-18(16-17)24-26(21(7,8)9)22(10,11)12/h17-18,23-24H,13-16H2,1-12H3/t17-,18+. The molecule has 2 atom stereocenters. The Bertz CT molecular complexity index is 367. The summed E-state index contributed by atoms with van der Waals surface area (Å²) in [4.78, 5) is 0. The maximum absolute atomic E-state index is 4.15. The Labute approximate surface area is 168 Å². The van der Waals surface area contributed by atoms with E-state index in [1.807, 2.05) is 0 Å². The highest BCUT2D eigenvalue weighted by Gasteiger charge is 2.39. The molecule has 0 aliphatic heterocycles. The molecule has 1 fully saturated rings. The fourth-order valence-electron chi connectivity index (χ4n) is 4.58. The minimum atomic E-state index is -0.223. The Kier molecular flexibility index (Phi) is 8.26. The molecular weight excluding hydrogens is 354 g/mol. The molecule has 0 spiro atoms. The molecule has 2 N–H and O–H groups in total. The van der Waals surface area contributed by atoms with E-state index < -0.39 is 0 Å². The Balaban J connectivity index is 2.83. The van der Waals surface area contributed by atoms with Crippen LogP contribution in [0.4, 0.5) is 0 Å². The van der Waals surface area contributed by atoms with E-state index in [1.54, 1.807) is 0 Å². The molecule has 1 aliphatic rings. The quantitative estimate of drug-likeness (QED) is 0.477. The van der Waals surface area contributed by atoms with Gasteiger partial charge in [-0.1, -0.05) is 89.5 Å². The van der Waals surface area contributed by atoms with E-state index in [1.165, 1.54) is 25.7 Å². The summed E-state index contributed by atoms with van der Waals surface area (Å²) in [6.45, 7) is 28.9. The van der Waals surface area contributed by atoms with E-state index in [9.17, 15) is 0 Å². The van der Waals surface area contributed by atoms with Crippen molar-refractivity contribution < 1.29 is 0 Å². The van der Waals surface area contributed by atoms with Gasteiger partial charge in [0.2, 0.25) is 0 Å². The molecule has 156 valence electrons. The highest BCUT2D eigenvalue weighted by molar-refractivity contribution is 7.59. The largest absolute Gasteiger partial charge is 0.292 e. The average Bonchev–Trinajstić information content (AvgIpc) is 2.37. The summed E-state index contributed by atoms with van der Waals surface area (Å²) in [6, 6.07) is 1.34. The number of nitrogens with one attached hydrogen (secondary N) is 2. The lowest BCUT2D eigenvalue weighted by Crippen LogP contribution is -2.45. The number of hydrogen-bond acceptors (Lipinski definition) is 2. The Morgan fingerprint density at radius 3 is 1.04 bits per heavy atom. The summed E-state index contributed by atoms with van der Waals surface area (Å²) in [6.07, 6.45) is 5.32. The predicted octanol–water partition coefficient (Wildman–Crippen LogP) is 7.46. The SMILES string of the molecule is CC(C)(C)P(N[C@@H]1CCC[C@H](NP(C(C)(C)C)C(C)(C)C)C1)C(C)(C)C. The van der Waals surface area contributed by atoms with Crippen molar-refractivity contribution in [2.45, 2.75) is 141 Å². The van der Waals surface area contributed by atoms with Gasteiger partial charge in [-0.05, 0) is 56.0 Å². The number of hydrogen-bond donors (Lipinski definition) is 2. The van der Waals surface area contributed by atoms with Crippen LogP contribution in [-0.4, -0.2) is 32.7 Å². The lowest BCUT2D eigenvalue weighted by Gasteiger charge is -2.47. The summed E-state index contributed by atoms with van der Waals surface area (Å²) in [7, 11) is -0.445. The molecule has 0 unspecified atom stereocenters. The highest BCUT2D eigenvalue weighted by Crippen LogP contribution is 2.58. The predicted molar refractivity (Wildman–Crippen MR) is 125 cm³/mol. The first-order chi connectivity index (χ1) is 11.4. The minimum absolute atomic E-state index is 0.223. The van der Waals surface area contributed by atoms with Gasteiger partial charge in [-0.25, -0.2) is 0 Å². The molecule has 1 saturated carbocycles. The van der Waals surface area contributed by atoms with E-state index in [2.05, 4.69) is 93.3 Å². The van der Waals surface area contributed by atoms with Crippen LogP contribution in [0.5, 0.6) is 0 Å². The van der Waals surface area contributed by atoms with Crippen LogP contribution in [0.25, 0.3) is 0 Å². The van der Waals surface area contributed by atoms with Gasteiger partial charge in [0.1, 0.15) is 0 Å². The van der Waals surface area contributed by atoms with Crippen molar-refractivity contribution in [2.24, 2.45) is 0 Å². The zero-order valence-electron chi connectivity index (χ0n) is 19.9. The van der Waals surface area contributed by atoms with Crippen LogP contribution in [0.1, 0.15) is 109 Å². The van der Waals surface area contributed by atoms with Crippen LogP contribution in [-0.2, 0) is 0 Å². The van der Waals surface area contributed by atoms with Gasteiger partial charge in [-0.15, -0.1) is 0 Å². The first-order valence-electron chi connectivity index (χ1n) is 10.6. The van der Waals surface area contributed by atoms with Gasteiger partial charge in [0.15, 0.2) is 0 Å². The minimum Gasteiger partial charge on any atom is -0.292 e. The van der Waals surface area contributed by atoms with E-state index in [0.29, 0.717) is 32.7 Å². The molecule has 1 rings (SSSR count). The van der Waals surface area contributed by atoms with Crippen molar-refractivity contribution in [3.63, 3.8) is 0 Å². The second-order valence-corrected chi connectivity index (χ2v) is 19.4. The maximum atomic E-state index is 4.15. The van der Waals surface area contributed by atoms with Gasteiger partial charge < -0.3 is 0 Å². The van der Waals surface area contributed by atoms with Gasteiger partial charge in [-0.3, -0.25) is 10.2 Å². The molecule has 0 amide bonds. The molecule has 0 saturated heterocycles. The van der Waals surface area contributed by atoms with Crippen molar-refractivity contribution >= 4 is 16.1 Å². The molecular formula is C22H48N2P2. The molecule has 0 radical (unpaired) electrons. The first-order valence-corrected chi connectivity index (χ1v) is 13.2. The normalized spacial score (nSPS) is 23.8. The zero-order chi connectivity index (χ0) is 20.6. The van der Waals surface area contributed by atoms with Crippen LogP contribution < -0.4 is 10.2 Å². The molecule has 0 aromatic carbocycles. The molecule has 26 heavy (non-hydrogen) atoms. The van der Waals surface area contributed by atoms with Crippen molar-refractivity contribution in [1.82, 2.24) is 10.2 Å². The van der Waals surface area contributed by atoms with Gasteiger partial charge in [0, 0.05) is 12.1 Å². The van der Waals surface area contributed by atoms with Gasteiger partial charge >= 0.3 is 0 Å². The summed E-state index contributed by atoms with van der Waals surface area (Å²) in [5.41, 5.74) is 0. The third-order valence-corrected chi connectivity index (χ3v) is 11.6. The van der Waals surface area contributed by atoms with E-state index in [4.69, 9.17) is 0 Å². The van der Waals surface area contributed by atoms with Crippen LogP contribution in [0.15, 0.2) is 0 Å². The van der Waals surface area contributed by atoms with Crippen molar-refractivity contribution in [1.29, 1.82) is 0 Å². The van der Waals surface area contributed by atoms with Crippen LogP contribution in [0, 0.1) is 0 Å². The average molecular weight is 403 g/mol. The number of rotatable bonds is 4. The second-order valence-electron chi connectivity index (χ2n) is 12.2. The zero-order valence-corrected chi connectivity index (χ0v) is 21.7. The molecule has 2 nitrogen and oxygen atoms in total. The van der Waals surface area contributed by atoms with Gasteiger partial charge in [-0.2, -0.15) is 0 Å². The summed E-state index contributed by atoms with van der Waals surface area (Å²) in [5, 5.41) is 9.68. The second kappa shape index (κ2) is 8.65. The smallest absolute Gasteiger partial charge is 0.0119 e. The van der Waals surface area contributed by atoms with Crippen molar-refractivity contribution in [3.8, 4) is 0 Å². The van der Waals surface area contributed by atoms with Crippen molar-refractivity contribution in [3.05, 3.63) is 0 Å². The third kappa shape index (κ3) is 7.66. The topological polar surface area (TPSA) is 24.1 Å².